The number of aliphatic hydroxyl groups is 7. The quantitative estimate of drug-likeness (QED) is 0.0216. The van der Waals surface area contributed by atoms with Gasteiger partial charge in [-0.2, -0.15) is 0 Å². The van der Waals surface area contributed by atoms with Crippen molar-refractivity contribution in [3.05, 3.63) is 17.9 Å². The van der Waals surface area contributed by atoms with E-state index >= 15 is 0 Å². The van der Waals surface area contributed by atoms with Gasteiger partial charge in [-0.25, -0.2) is 0 Å². The lowest BCUT2D eigenvalue weighted by atomic mass is 9.98. The molecule has 2 rings (SSSR count). The maximum absolute atomic E-state index is 12.9. The molecule has 0 spiro atoms. The lowest BCUT2D eigenvalue weighted by Gasteiger charge is -2.42. The van der Waals surface area contributed by atoms with Crippen molar-refractivity contribution in [1.82, 2.24) is 0 Å². The van der Waals surface area contributed by atoms with E-state index in [9.17, 15) is 45.3 Å². The Bertz CT molecular complexity index is 1210. The normalized spacial score (nSPS) is 26.5. The molecule has 4 unspecified atom stereocenters. The van der Waals surface area contributed by atoms with Crippen LogP contribution >= 0.6 is 0 Å². The Kier molecular flexibility index (Phi) is 32.8. The summed E-state index contributed by atoms with van der Waals surface area (Å²) in [7, 11) is 0. The third-order valence-corrected chi connectivity index (χ3v) is 11.8. The first-order valence-electron chi connectivity index (χ1n) is 24.5. The molecule has 0 saturated carbocycles. The second-order valence-electron chi connectivity index (χ2n) is 17.4. The van der Waals surface area contributed by atoms with Crippen LogP contribution in [0.4, 0.5) is 0 Å². The molecule has 2 aliphatic heterocycles. The molecule has 63 heavy (non-hydrogen) atoms. The molecule has 11 atom stereocenters. The summed E-state index contributed by atoms with van der Waals surface area (Å²) in [6.07, 6.45) is 14.5. The summed E-state index contributed by atoms with van der Waals surface area (Å²) >= 11 is 0. The monoisotopic (exact) mass is 903 g/mol. The number of rotatable bonds is 37. The van der Waals surface area contributed by atoms with Gasteiger partial charge in [0.1, 0.15) is 55.4 Å². The summed E-state index contributed by atoms with van der Waals surface area (Å²) in [5.41, 5.74) is 3.29. The Hall–Kier alpha value is -1.98. The van der Waals surface area contributed by atoms with E-state index in [2.05, 4.69) is 31.7 Å². The fourth-order valence-electron chi connectivity index (χ4n) is 7.66. The summed E-state index contributed by atoms with van der Waals surface area (Å²) in [6.45, 7) is 2.54. The zero-order valence-electron chi connectivity index (χ0n) is 38.6. The molecule has 0 bridgehead atoms. The Morgan fingerprint density at radius 3 is 1.46 bits per heavy atom. The predicted octanol–water partition coefficient (Wildman–Crippen LogP) is 5.98. The van der Waals surface area contributed by atoms with Crippen molar-refractivity contribution in [3.8, 4) is 0 Å². The fourth-order valence-corrected chi connectivity index (χ4v) is 7.66. The Balaban J connectivity index is 1.84. The number of allylic oxidation sites excluding steroid dienone is 1. The summed E-state index contributed by atoms with van der Waals surface area (Å²) in [5, 5.41) is 71.9. The van der Waals surface area contributed by atoms with Crippen LogP contribution in [0.2, 0.25) is 0 Å². The molecule has 2 aliphatic rings. The molecule has 0 aromatic rings. The molecular formula is C48H86O15. The van der Waals surface area contributed by atoms with Crippen LogP contribution in [0, 0.1) is 0 Å². The molecule has 15 heteroatoms. The van der Waals surface area contributed by atoms with Crippen LogP contribution in [0.15, 0.2) is 17.9 Å². The number of ether oxygens (including phenoxy) is 6. The molecule has 0 aromatic heterocycles. The minimum absolute atomic E-state index is 0.165. The molecule has 0 aliphatic carbocycles. The number of aliphatic hydroxyl groups excluding tert-OH is 7. The predicted molar refractivity (Wildman–Crippen MR) is 237 cm³/mol. The highest BCUT2D eigenvalue weighted by molar-refractivity contribution is 5.70. The van der Waals surface area contributed by atoms with E-state index in [4.69, 9.17) is 28.4 Å². The van der Waals surface area contributed by atoms with Crippen LogP contribution in [0.5, 0.6) is 0 Å². The van der Waals surface area contributed by atoms with Gasteiger partial charge < -0.3 is 64.2 Å². The van der Waals surface area contributed by atoms with E-state index in [0.29, 0.717) is 12.8 Å². The van der Waals surface area contributed by atoms with E-state index in [1.54, 1.807) is 0 Å². The highest BCUT2D eigenvalue weighted by atomic mass is 16.7. The third-order valence-electron chi connectivity index (χ3n) is 11.8. The smallest absolute Gasteiger partial charge is 0.306 e. The van der Waals surface area contributed by atoms with Crippen LogP contribution < -0.4 is 0 Å². The lowest BCUT2D eigenvalue weighted by Crippen LogP contribution is -2.61. The first-order chi connectivity index (χ1) is 30.5. The number of hydrogen-bond donors (Lipinski definition) is 7. The van der Waals surface area contributed by atoms with Crippen molar-refractivity contribution in [3.63, 3.8) is 0 Å². The van der Waals surface area contributed by atoms with Crippen molar-refractivity contribution in [2.75, 3.05) is 26.4 Å². The van der Waals surface area contributed by atoms with Crippen molar-refractivity contribution in [2.45, 2.75) is 248 Å². The molecule has 0 aromatic carbocycles. The van der Waals surface area contributed by atoms with Crippen molar-refractivity contribution in [2.24, 2.45) is 0 Å². The van der Waals surface area contributed by atoms with Gasteiger partial charge in [0, 0.05) is 12.8 Å². The summed E-state index contributed by atoms with van der Waals surface area (Å²) in [5.74, 6) is -0.941. The zero-order chi connectivity index (χ0) is 46.1. The number of carbonyl (C=O) groups is 2. The van der Waals surface area contributed by atoms with Crippen LogP contribution in [0.3, 0.4) is 0 Å². The molecule has 0 radical (unpaired) electrons. The molecule has 0 amide bonds. The maximum Gasteiger partial charge on any atom is 0.306 e. The molecule has 2 heterocycles. The third kappa shape index (κ3) is 24.9. The number of unbranched alkanes of at least 4 members (excludes halogenated alkanes) is 21. The van der Waals surface area contributed by atoms with Crippen LogP contribution in [0.1, 0.15) is 181 Å². The molecule has 2 fully saturated rings. The van der Waals surface area contributed by atoms with E-state index in [1.165, 1.54) is 83.5 Å². The summed E-state index contributed by atoms with van der Waals surface area (Å²) in [6, 6.07) is 0. The molecule has 368 valence electrons. The summed E-state index contributed by atoms with van der Waals surface area (Å²) in [4.78, 5) is 25.7. The van der Waals surface area contributed by atoms with Crippen LogP contribution in [0.25, 0.3) is 0 Å². The first-order valence-corrected chi connectivity index (χ1v) is 24.5. The maximum atomic E-state index is 12.9. The van der Waals surface area contributed by atoms with Gasteiger partial charge in [0.15, 0.2) is 18.7 Å². The SMILES string of the molecule is CCCCCCCC=C=CCCCCCCCC(=O)OC[C@H](CO[C@@H]1O[C@H](CO[C@@H]2O[C@H](CO)[C@H](O)C(O)C2O)[C@H](O)C(O)C1O)OC(=O)CCCCCCCCCCCCCC. The van der Waals surface area contributed by atoms with Crippen molar-refractivity contribution < 1.29 is 73.8 Å². The van der Waals surface area contributed by atoms with Gasteiger partial charge in [-0.1, -0.05) is 129 Å². The van der Waals surface area contributed by atoms with Gasteiger partial charge >= 0.3 is 11.9 Å². The van der Waals surface area contributed by atoms with Gasteiger partial charge in [0.05, 0.1) is 19.8 Å². The Morgan fingerprint density at radius 1 is 0.524 bits per heavy atom. The topological polar surface area (TPSA) is 231 Å². The second kappa shape index (κ2) is 36.2. The highest BCUT2D eigenvalue weighted by Crippen LogP contribution is 2.26. The van der Waals surface area contributed by atoms with Gasteiger partial charge in [-0.05, 0) is 50.7 Å². The van der Waals surface area contributed by atoms with Crippen LogP contribution in [-0.4, -0.2) is 142 Å². The van der Waals surface area contributed by atoms with E-state index in [1.807, 2.05) is 0 Å². The second-order valence-corrected chi connectivity index (χ2v) is 17.4. The number of hydrogen-bond acceptors (Lipinski definition) is 15. The minimum atomic E-state index is -1.76. The Morgan fingerprint density at radius 2 is 0.952 bits per heavy atom. The van der Waals surface area contributed by atoms with E-state index in [-0.39, 0.29) is 26.1 Å². The minimum Gasteiger partial charge on any atom is -0.462 e. The number of carbonyl (C=O) groups excluding carboxylic acids is 2. The summed E-state index contributed by atoms with van der Waals surface area (Å²) < 4.78 is 33.5. The van der Waals surface area contributed by atoms with Crippen molar-refractivity contribution in [1.29, 1.82) is 0 Å². The van der Waals surface area contributed by atoms with E-state index in [0.717, 1.165) is 57.8 Å². The zero-order valence-corrected chi connectivity index (χ0v) is 38.6. The van der Waals surface area contributed by atoms with Gasteiger partial charge in [0.25, 0.3) is 0 Å². The van der Waals surface area contributed by atoms with Gasteiger partial charge in [0.2, 0.25) is 0 Å². The average Bonchev–Trinajstić information content (AvgIpc) is 3.28. The van der Waals surface area contributed by atoms with Crippen LogP contribution in [-0.2, 0) is 38.0 Å². The average molecular weight is 903 g/mol. The van der Waals surface area contributed by atoms with Crippen molar-refractivity contribution >= 4 is 11.9 Å². The number of esters is 2. The Labute approximate surface area is 377 Å². The highest BCUT2D eigenvalue weighted by Gasteiger charge is 2.47. The fraction of sp³-hybridized carbons (Fsp3) is 0.896. The molecule has 15 nitrogen and oxygen atoms in total. The largest absolute Gasteiger partial charge is 0.462 e. The first kappa shape index (κ1) is 57.1. The van der Waals surface area contributed by atoms with Gasteiger partial charge in [-0.15, -0.1) is 5.73 Å². The molecular weight excluding hydrogens is 817 g/mol. The van der Waals surface area contributed by atoms with E-state index < -0.39 is 92.7 Å². The lowest BCUT2D eigenvalue weighted by molar-refractivity contribution is -0.332. The molecule has 2 saturated heterocycles. The standard InChI is InChI=1S/C48H86O15/c1-3-5-7-9-11-13-15-17-18-19-21-22-24-26-28-30-39(50)58-33-36(61-40(51)31-29-27-25-23-20-16-14-12-10-8-6-4-2)34-59-47-46(57)44(55)42(53)38(63-47)35-60-48-45(56)43(54)41(52)37(32-49)62-48/h15,18,36-38,41-49,52-57H,3-14,16,19-35H2,1-2H3/t17?,36-,37-,38-,41+,42+,43?,44?,45?,46?,47-,48-/m1/s1. The molecule has 7 N–H and O–H groups in total. The van der Waals surface area contributed by atoms with Gasteiger partial charge in [-0.3, -0.25) is 9.59 Å².